The Morgan fingerprint density at radius 2 is 1.05 bits per heavy atom. The maximum absolute atomic E-state index is 6.84. The summed E-state index contributed by atoms with van der Waals surface area (Å²) in [5.41, 5.74) is 2.36. The van der Waals surface area contributed by atoms with E-state index in [-0.39, 0.29) is 10.8 Å². The fourth-order valence-corrected chi connectivity index (χ4v) is 8.63. The molecule has 0 heterocycles. The molecule has 0 aromatic carbocycles. The van der Waals surface area contributed by atoms with Crippen LogP contribution < -0.4 is 0 Å². The second-order valence-electron chi connectivity index (χ2n) is 15.1. The first-order valence-corrected chi connectivity index (χ1v) is 20.3. The van der Waals surface area contributed by atoms with Gasteiger partial charge in [-0.05, 0) is 112 Å². The van der Waals surface area contributed by atoms with Gasteiger partial charge in [-0.25, -0.2) is 0 Å². The third kappa shape index (κ3) is 10.7. The summed E-state index contributed by atoms with van der Waals surface area (Å²) in [4.78, 5) is 11.3. The van der Waals surface area contributed by atoms with Gasteiger partial charge < -0.3 is 4.43 Å². The minimum atomic E-state index is -1.54. The van der Waals surface area contributed by atoms with E-state index in [2.05, 4.69) is 82.0 Å². The lowest BCUT2D eigenvalue weighted by molar-refractivity contribution is 0.144. The van der Waals surface area contributed by atoms with Gasteiger partial charge in [0.1, 0.15) is 0 Å². The highest BCUT2D eigenvalue weighted by atomic mass is 35.5. The van der Waals surface area contributed by atoms with Crippen molar-refractivity contribution in [1.29, 1.82) is 0 Å². The zero-order chi connectivity index (χ0) is 29.7. The Kier molecular flexibility index (Phi) is 14.1. The summed E-state index contributed by atoms with van der Waals surface area (Å²) >= 11 is 13.7. The molecule has 39 heavy (non-hydrogen) atoms. The maximum Gasteiger partial charge on any atom is 0.183 e. The van der Waals surface area contributed by atoms with Crippen LogP contribution in [0.1, 0.15) is 101 Å². The van der Waals surface area contributed by atoms with E-state index in [0.29, 0.717) is 59.4 Å². The fraction of sp³-hybridized carbons (Fsp3) is 0.939. The maximum atomic E-state index is 6.84. The van der Waals surface area contributed by atoms with Crippen LogP contribution in [0.4, 0.5) is 0 Å². The normalized spacial score (nSPS) is 33.6. The molecule has 0 amide bonds. The molecule has 0 N–H and O–H groups in total. The second-order valence-corrected chi connectivity index (χ2v) is 20.9. The minimum Gasteiger partial charge on any atom is -0.418 e. The molecule has 0 aromatic rings. The van der Waals surface area contributed by atoms with Gasteiger partial charge in [-0.3, -0.25) is 9.98 Å². The second kappa shape index (κ2) is 15.5. The number of alkyl halides is 2. The van der Waals surface area contributed by atoms with Crippen molar-refractivity contribution in [3.8, 4) is 0 Å². The molecule has 228 valence electrons. The summed E-state index contributed by atoms with van der Waals surface area (Å²) < 4.78 is 6.25. The smallest absolute Gasteiger partial charge is 0.183 e. The Bertz CT molecular complexity index is 768. The molecule has 3 nitrogen and oxygen atoms in total. The van der Waals surface area contributed by atoms with Crippen LogP contribution in [0.5, 0.6) is 0 Å². The Morgan fingerprint density at radius 1 is 0.692 bits per heavy atom. The van der Waals surface area contributed by atoms with Crippen molar-refractivity contribution < 1.29 is 4.43 Å². The first kappa shape index (κ1) is 35.3. The molecule has 2 aliphatic carbocycles. The summed E-state index contributed by atoms with van der Waals surface area (Å²) in [5, 5.41) is 0.511. The van der Waals surface area contributed by atoms with Gasteiger partial charge in [0, 0.05) is 17.4 Å². The number of rotatable bonds is 12. The van der Waals surface area contributed by atoms with Crippen LogP contribution >= 0.6 is 23.2 Å². The Hall–Kier alpha value is 0.0969. The van der Waals surface area contributed by atoms with Crippen LogP contribution in [-0.4, -0.2) is 49.2 Å². The molecule has 2 saturated carbocycles. The zero-order valence-corrected chi connectivity index (χ0v) is 29.9. The van der Waals surface area contributed by atoms with E-state index >= 15 is 0 Å². The van der Waals surface area contributed by atoms with Crippen molar-refractivity contribution in [3.05, 3.63) is 0 Å². The average molecular weight is 602 g/mol. The number of hydrogen-bond acceptors (Lipinski definition) is 3. The molecule has 2 rings (SSSR count). The summed E-state index contributed by atoms with van der Waals surface area (Å²) in [6, 6.07) is 0.613. The van der Waals surface area contributed by atoms with E-state index in [4.69, 9.17) is 37.6 Å². The van der Waals surface area contributed by atoms with Gasteiger partial charge in [-0.15, -0.1) is 23.2 Å². The lowest BCUT2D eigenvalue weighted by Gasteiger charge is -2.43. The van der Waals surface area contributed by atoms with Gasteiger partial charge in [-0.1, -0.05) is 55.4 Å². The van der Waals surface area contributed by atoms with E-state index < -0.39 is 8.32 Å². The number of aliphatic imine (C=N–C) groups is 2. The van der Waals surface area contributed by atoms with Crippen LogP contribution in [0.25, 0.3) is 0 Å². The first-order chi connectivity index (χ1) is 18.0. The van der Waals surface area contributed by atoms with Gasteiger partial charge in [0.15, 0.2) is 8.32 Å². The van der Waals surface area contributed by atoms with Gasteiger partial charge >= 0.3 is 0 Å². The molecule has 0 radical (unpaired) electrons. The highest BCUT2D eigenvalue weighted by Crippen LogP contribution is 2.43. The number of nitrogens with zero attached hydrogens (tertiary/aromatic N) is 2. The molecule has 0 aromatic heterocycles. The molecule has 0 saturated heterocycles. The molecule has 4 unspecified atom stereocenters. The van der Waals surface area contributed by atoms with Crippen LogP contribution in [0.2, 0.25) is 19.6 Å². The summed E-state index contributed by atoms with van der Waals surface area (Å²) in [5.74, 6) is 4.29. The summed E-state index contributed by atoms with van der Waals surface area (Å²) in [6.45, 7) is 28.7. The SMILES string of the molecule is CC(=NC1C(C(C)C)CC(Cl)CC1C(C)C)C(CCCO[Si](C)(C)C)=NC1C(C(C)C)CC(Cl)CC1C(C)C. The van der Waals surface area contributed by atoms with E-state index in [1.165, 1.54) is 5.71 Å². The van der Waals surface area contributed by atoms with E-state index in [1.54, 1.807) is 0 Å². The lowest BCUT2D eigenvalue weighted by atomic mass is 9.68. The monoisotopic (exact) mass is 600 g/mol. The van der Waals surface area contributed by atoms with E-state index in [9.17, 15) is 0 Å². The predicted octanol–water partition coefficient (Wildman–Crippen LogP) is 10.1. The highest BCUT2D eigenvalue weighted by Gasteiger charge is 2.42. The van der Waals surface area contributed by atoms with Crippen molar-refractivity contribution in [2.75, 3.05) is 6.61 Å². The molecule has 0 aliphatic heterocycles. The molecule has 0 bridgehead atoms. The van der Waals surface area contributed by atoms with Gasteiger partial charge in [0.2, 0.25) is 0 Å². The topological polar surface area (TPSA) is 34.0 Å². The van der Waals surface area contributed by atoms with Gasteiger partial charge in [-0.2, -0.15) is 0 Å². The number of hydrogen-bond donors (Lipinski definition) is 0. The third-order valence-corrected chi connectivity index (χ3v) is 11.2. The Morgan fingerprint density at radius 3 is 1.38 bits per heavy atom. The van der Waals surface area contributed by atoms with E-state index in [0.717, 1.165) is 50.8 Å². The molecule has 6 heteroatoms. The fourth-order valence-electron chi connectivity index (χ4n) is 7.05. The molecule has 4 atom stereocenters. The van der Waals surface area contributed by atoms with Crippen LogP contribution in [0, 0.1) is 47.3 Å². The van der Waals surface area contributed by atoms with Gasteiger partial charge in [0.05, 0.1) is 23.5 Å². The summed E-state index contributed by atoms with van der Waals surface area (Å²) in [7, 11) is -1.54. The standard InChI is InChI=1S/C33H62Cl2N2OSi/c1-20(2)27-16-25(34)17-28(21(3)4)32(27)36-24(9)31(14-13-15-38-39(10,11)12)37-33-29(22(5)6)18-26(35)19-30(33)23(7)8/h20-23,25-30,32-33H,13-19H2,1-12H3. The van der Waals surface area contributed by atoms with Crippen LogP contribution in [0.15, 0.2) is 9.98 Å². The van der Waals surface area contributed by atoms with Crippen molar-refractivity contribution >= 4 is 42.9 Å². The van der Waals surface area contributed by atoms with Crippen LogP contribution in [0.3, 0.4) is 0 Å². The quantitative estimate of drug-likeness (QED) is 0.0948. The molecule has 0 spiro atoms. The van der Waals surface area contributed by atoms with Crippen LogP contribution in [-0.2, 0) is 4.43 Å². The highest BCUT2D eigenvalue weighted by molar-refractivity contribution is 6.69. The van der Waals surface area contributed by atoms with Gasteiger partial charge in [0.25, 0.3) is 0 Å². The Labute approximate surface area is 253 Å². The predicted molar refractivity (Wildman–Crippen MR) is 178 cm³/mol. The summed E-state index contributed by atoms with van der Waals surface area (Å²) in [6.07, 6.45) is 6.16. The third-order valence-electron chi connectivity index (χ3n) is 9.45. The largest absolute Gasteiger partial charge is 0.418 e. The minimum absolute atomic E-state index is 0.254. The van der Waals surface area contributed by atoms with Crippen molar-refractivity contribution in [3.63, 3.8) is 0 Å². The lowest BCUT2D eigenvalue weighted by Crippen LogP contribution is -2.43. The first-order valence-electron chi connectivity index (χ1n) is 16.0. The number of halogens is 2. The molecule has 2 fully saturated rings. The van der Waals surface area contributed by atoms with Crippen molar-refractivity contribution in [1.82, 2.24) is 0 Å². The van der Waals surface area contributed by atoms with E-state index in [1.807, 2.05) is 0 Å². The van der Waals surface area contributed by atoms with Crippen molar-refractivity contribution in [2.24, 2.45) is 57.3 Å². The molecular formula is C33H62Cl2N2OSi. The Balaban J connectivity index is 2.52. The van der Waals surface area contributed by atoms with Crippen molar-refractivity contribution in [2.45, 2.75) is 143 Å². The average Bonchev–Trinajstić information content (AvgIpc) is 2.80. The molecule has 2 aliphatic rings. The molecular weight excluding hydrogens is 539 g/mol. The zero-order valence-electron chi connectivity index (χ0n) is 27.4.